The third-order valence-corrected chi connectivity index (χ3v) is 6.86. The third-order valence-electron chi connectivity index (χ3n) is 3.46. The first kappa shape index (κ1) is 17.8. The van der Waals surface area contributed by atoms with Gasteiger partial charge in [0.25, 0.3) is 0 Å². The van der Waals surface area contributed by atoms with Crippen LogP contribution in [0.3, 0.4) is 0 Å². The van der Waals surface area contributed by atoms with E-state index in [-0.39, 0.29) is 0 Å². The lowest BCUT2D eigenvalue weighted by Crippen LogP contribution is -2.08. The minimum Gasteiger partial charge on any atom is -0.0936 e. The van der Waals surface area contributed by atoms with Gasteiger partial charge in [-0.15, -0.1) is 0 Å². The SMILES string of the molecule is FS(F)(F)(F)(F)c1ccc([S+](c2ccccc2)c2ccccc2)cc1. The van der Waals surface area contributed by atoms with E-state index in [1.165, 1.54) is 0 Å². The molecule has 0 nitrogen and oxygen atoms in total. The largest absolute Gasteiger partial charge is 0.310 e. The van der Waals surface area contributed by atoms with Gasteiger partial charge in [0.2, 0.25) is 0 Å². The van der Waals surface area contributed by atoms with Crippen LogP contribution in [-0.4, -0.2) is 0 Å². The highest BCUT2D eigenvalue weighted by molar-refractivity contribution is 8.45. The number of hydrogen-bond donors (Lipinski definition) is 0. The minimum atomic E-state index is -9.66. The van der Waals surface area contributed by atoms with Crippen molar-refractivity contribution in [2.45, 2.75) is 19.6 Å². The van der Waals surface area contributed by atoms with Gasteiger partial charge in [-0.05, 0) is 48.5 Å². The van der Waals surface area contributed by atoms with E-state index in [0.29, 0.717) is 17.0 Å². The van der Waals surface area contributed by atoms with Crippen molar-refractivity contribution in [3.63, 3.8) is 0 Å². The molecule has 0 unspecified atom stereocenters. The van der Waals surface area contributed by atoms with Gasteiger partial charge in [-0.3, -0.25) is 0 Å². The van der Waals surface area contributed by atoms with Gasteiger partial charge in [0.05, 0.1) is 10.9 Å². The van der Waals surface area contributed by atoms with Crippen molar-refractivity contribution in [2.75, 3.05) is 0 Å². The fraction of sp³-hybridized carbons (Fsp3) is 0. The van der Waals surface area contributed by atoms with E-state index < -0.39 is 26.0 Å². The topological polar surface area (TPSA) is 0 Å². The molecule has 0 N–H and O–H groups in total. The van der Waals surface area contributed by atoms with Gasteiger partial charge in [-0.25, -0.2) is 0 Å². The molecule has 0 radical (unpaired) electrons. The standard InChI is InChI=1S/C18H14F5S2/c19-25(20,21,22,23)18-13-11-17(12-14-18)24(15-7-3-1-4-8-15)16-9-5-2-6-10-16/h1-14H/q+1. The van der Waals surface area contributed by atoms with Crippen molar-refractivity contribution in [3.8, 4) is 0 Å². The molecule has 3 aromatic rings. The number of benzene rings is 3. The Morgan fingerprint density at radius 3 is 1.20 bits per heavy atom. The van der Waals surface area contributed by atoms with Crippen LogP contribution in [0.1, 0.15) is 0 Å². The lowest BCUT2D eigenvalue weighted by atomic mass is 10.4. The fourth-order valence-corrected chi connectivity index (χ4v) is 5.09. The molecule has 0 heterocycles. The predicted molar refractivity (Wildman–Crippen MR) is 92.9 cm³/mol. The molecule has 25 heavy (non-hydrogen) atoms. The van der Waals surface area contributed by atoms with Gasteiger partial charge in [0, 0.05) is 0 Å². The first-order valence-corrected chi connectivity index (χ1v) is 10.4. The summed E-state index contributed by atoms with van der Waals surface area (Å²) in [6, 6.07) is 21.7. The highest BCUT2D eigenvalue weighted by Crippen LogP contribution is 3.02. The first-order chi connectivity index (χ1) is 11.5. The summed E-state index contributed by atoms with van der Waals surface area (Å²) < 4.78 is 64.6. The highest BCUT2D eigenvalue weighted by atomic mass is 32.5. The van der Waals surface area contributed by atoms with Crippen molar-refractivity contribution in [1.82, 2.24) is 0 Å². The van der Waals surface area contributed by atoms with E-state index in [1.54, 1.807) is 0 Å². The molecule has 0 atom stereocenters. The second-order valence-corrected chi connectivity index (χ2v) is 9.81. The van der Waals surface area contributed by atoms with Crippen molar-refractivity contribution >= 4 is 21.1 Å². The van der Waals surface area contributed by atoms with Gasteiger partial charge in [0.15, 0.2) is 14.7 Å². The highest BCUT2D eigenvalue weighted by Gasteiger charge is 2.65. The van der Waals surface area contributed by atoms with Gasteiger partial charge in [-0.1, -0.05) is 55.8 Å². The molecule has 3 rings (SSSR count). The number of rotatable bonds is 4. The summed E-state index contributed by atoms with van der Waals surface area (Å²) in [6.07, 6.45) is 0. The van der Waals surface area contributed by atoms with Gasteiger partial charge >= 0.3 is 10.2 Å². The zero-order valence-electron chi connectivity index (χ0n) is 12.8. The second kappa shape index (κ2) is 5.51. The first-order valence-electron chi connectivity index (χ1n) is 7.23. The maximum Gasteiger partial charge on any atom is 0.310 e. The number of halogens is 5. The molecule has 0 aliphatic rings. The molecule has 0 aliphatic carbocycles. The summed E-state index contributed by atoms with van der Waals surface area (Å²) in [7, 11) is -10.3. The van der Waals surface area contributed by atoms with Crippen LogP contribution in [0.4, 0.5) is 19.4 Å². The normalized spacial score (nSPS) is 14.8. The minimum absolute atomic E-state index is 0.475. The van der Waals surface area contributed by atoms with Crippen LogP contribution in [-0.2, 0) is 10.9 Å². The van der Waals surface area contributed by atoms with Crippen molar-refractivity contribution in [2.24, 2.45) is 0 Å². The van der Waals surface area contributed by atoms with E-state index in [0.717, 1.165) is 21.9 Å². The Kier molecular flexibility index (Phi) is 3.92. The van der Waals surface area contributed by atoms with Gasteiger partial charge < -0.3 is 0 Å². The summed E-state index contributed by atoms with van der Waals surface area (Å²) in [6.45, 7) is 0. The van der Waals surface area contributed by atoms with Crippen LogP contribution in [0.15, 0.2) is 105 Å². The predicted octanol–water partition coefficient (Wildman–Crippen LogP) is 7.44. The fourth-order valence-electron chi connectivity index (χ4n) is 2.35. The van der Waals surface area contributed by atoms with Crippen LogP contribution in [0.2, 0.25) is 0 Å². The number of hydrogen-bond acceptors (Lipinski definition) is 0. The van der Waals surface area contributed by atoms with Gasteiger partial charge in [0.1, 0.15) is 4.90 Å². The summed E-state index contributed by atoms with van der Waals surface area (Å²) in [4.78, 5) is 0.471. The summed E-state index contributed by atoms with van der Waals surface area (Å²) in [5, 5.41) is 0. The summed E-state index contributed by atoms with van der Waals surface area (Å²) >= 11 is 0. The van der Waals surface area contributed by atoms with E-state index in [4.69, 9.17) is 0 Å². The molecule has 3 aromatic carbocycles. The third kappa shape index (κ3) is 4.16. The Morgan fingerprint density at radius 1 is 0.480 bits per heavy atom. The Bertz CT molecular complexity index is 821. The Morgan fingerprint density at radius 2 is 0.840 bits per heavy atom. The molecule has 7 heteroatoms. The molecular weight excluding hydrogens is 375 g/mol. The summed E-state index contributed by atoms with van der Waals surface area (Å²) in [5.41, 5.74) is 0. The molecule has 0 bridgehead atoms. The average molecular weight is 389 g/mol. The second-order valence-electron chi connectivity index (χ2n) is 5.37. The Labute approximate surface area is 145 Å². The van der Waals surface area contributed by atoms with E-state index in [2.05, 4.69) is 0 Å². The lowest BCUT2D eigenvalue weighted by molar-refractivity contribution is 0.364. The van der Waals surface area contributed by atoms with Gasteiger partial charge in [-0.2, -0.15) is 0 Å². The quantitative estimate of drug-likeness (QED) is 0.321. The molecule has 132 valence electrons. The zero-order chi connectivity index (χ0) is 18.2. The van der Waals surface area contributed by atoms with Crippen LogP contribution in [0.25, 0.3) is 0 Å². The Balaban J connectivity index is 2.10. The zero-order valence-corrected chi connectivity index (χ0v) is 14.4. The molecule has 0 saturated carbocycles. The maximum absolute atomic E-state index is 12.9. The van der Waals surface area contributed by atoms with Crippen LogP contribution in [0, 0.1) is 0 Å². The van der Waals surface area contributed by atoms with Crippen molar-refractivity contribution in [3.05, 3.63) is 84.9 Å². The van der Waals surface area contributed by atoms with E-state index in [1.807, 2.05) is 60.7 Å². The smallest absolute Gasteiger partial charge is 0.0936 e. The average Bonchev–Trinajstić information content (AvgIpc) is 2.56. The molecule has 0 amide bonds. The molecule has 0 saturated heterocycles. The molecular formula is C18H14F5S2+. The molecule has 0 fully saturated rings. The molecule has 0 aromatic heterocycles. The molecule has 0 aliphatic heterocycles. The monoisotopic (exact) mass is 389 g/mol. The summed E-state index contributed by atoms with van der Waals surface area (Å²) in [5.74, 6) is 0. The van der Waals surface area contributed by atoms with E-state index >= 15 is 0 Å². The molecule has 0 spiro atoms. The van der Waals surface area contributed by atoms with Crippen LogP contribution in [0.5, 0.6) is 0 Å². The lowest BCUT2D eigenvalue weighted by Gasteiger charge is -2.40. The van der Waals surface area contributed by atoms with Crippen LogP contribution >= 0.6 is 10.2 Å². The Hall–Kier alpha value is -1.99. The van der Waals surface area contributed by atoms with Crippen molar-refractivity contribution < 1.29 is 19.4 Å². The van der Waals surface area contributed by atoms with E-state index in [9.17, 15) is 19.4 Å². The maximum atomic E-state index is 12.9. The van der Waals surface area contributed by atoms with Crippen LogP contribution < -0.4 is 0 Å². The van der Waals surface area contributed by atoms with Crippen molar-refractivity contribution in [1.29, 1.82) is 0 Å².